The van der Waals surface area contributed by atoms with Gasteiger partial charge in [0.25, 0.3) is 0 Å². The van der Waals surface area contributed by atoms with Crippen molar-refractivity contribution in [3.8, 4) is 11.6 Å². The van der Waals surface area contributed by atoms with Crippen molar-refractivity contribution in [1.82, 2.24) is 4.98 Å². The average Bonchev–Trinajstić information content (AvgIpc) is 2.43. The van der Waals surface area contributed by atoms with Crippen LogP contribution >= 0.6 is 11.6 Å². The number of aromatic nitrogens is 1. The maximum atomic E-state index is 6.17. The largest absolute Gasteiger partial charge is 0.438 e. The number of nitrogens with zero attached hydrogens (tertiary/aromatic N) is 1. The van der Waals surface area contributed by atoms with Gasteiger partial charge in [0.05, 0.1) is 0 Å². The second-order valence-corrected chi connectivity index (χ2v) is 4.67. The molecule has 0 aliphatic rings. The summed E-state index contributed by atoms with van der Waals surface area (Å²) in [5.74, 6) is 1.12. The monoisotopic (exact) mass is 276 g/mol. The maximum Gasteiger partial charge on any atom is 0.238 e. The first-order chi connectivity index (χ1) is 9.24. The van der Waals surface area contributed by atoms with Crippen LogP contribution in [0.1, 0.15) is 24.5 Å². The third kappa shape index (κ3) is 3.46. The van der Waals surface area contributed by atoms with Gasteiger partial charge in [0.2, 0.25) is 5.88 Å². The van der Waals surface area contributed by atoms with Gasteiger partial charge in [-0.2, -0.15) is 0 Å². The first kappa shape index (κ1) is 13.8. The van der Waals surface area contributed by atoms with E-state index in [9.17, 15) is 0 Å². The number of aryl methyl sites for hydroxylation is 1. The molecule has 0 amide bonds. The van der Waals surface area contributed by atoms with Crippen molar-refractivity contribution in [3.63, 3.8) is 0 Å². The van der Waals surface area contributed by atoms with E-state index in [4.69, 9.17) is 22.1 Å². The number of halogens is 1. The van der Waals surface area contributed by atoms with E-state index in [1.165, 1.54) is 5.56 Å². The van der Waals surface area contributed by atoms with Gasteiger partial charge in [0.15, 0.2) is 0 Å². The lowest BCUT2D eigenvalue weighted by Gasteiger charge is -2.09. The first-order valence-electron chi connectivity index (χ1n) is 6.34. The van der Waals surface area contributed by atoms with Crippen molar-refractivity contribution in [1.29, 1.82) is 0 Å². The molecule has 0 aliphatic heterocycles. The lowest BCUT2D eigenvalue weighted by Crippen LogP contribution is -1.99. The standard InChI is InChI=1S/C15H17ClN2O/c1-2-3-11-4-6-13(7-5-11)19-15-14(16)12(10-17)8-9-18-15/h4-9H,2-3,10,17H2,1H3. The molecule has 1 aromatic carbocycles. The molecule has 0 aliphatic carbocycles. The number of hydrogen-bond acceptors (Lipinski definition) is 3. The number of benzene rings is 1. The third-order valence-corrected chi connectivity index (χ3v) is 3.24. The van der Waals surface area contributed by atoms with E-state index in [0.717, 1.165) is 24.2 Å². The van der Waals surface area contributed by atoms with Crippen LogP contribution in [0.25, 0.3) is 0 Å². The second kappa shape index (κ2) is 6.55. The Balaban J connectivity index is 2.16. The molecule has 2 rings (SSSR count). The fourth-order valence-electron chi connectivity index (χ4n) is 1.82. The minimum atomic E-state index is 0.368. The highest BCUT2D eigenvalue weighted by atomic mass is 35.5. The van der Waals surface area contributed by atoms with Gasteiger partial charge in [0, 0.05) is 12.7 Å². The highest BCUT2D eigenvalue weighted by Crippen LogP contribution is 2.29. The number of ether oxygens (including phenoxy) is 1. The molecule has 2 aromatic rings. The number of pyridine rings is 1. The van der Waals surface area contributed by atoms with Crippen LogP contribution < -0.4 is 10.5 Å². The van der Waals surface area contributed by atoms with Crippen molar-refractivity contribution >= 4 is 11.6 Å². The lowest BCUT2D eigenvalue weighted by molar-refractivity contribution is 0.462. The van der Waals surface area contributed by atoms with Gasteiger partial charge >= 0.3 is 0 Å². The molecule has 1 heterocycles. The van der Waals surface area contributed by atoms with Gasteiger partial charge in [-0.25, -0.2) is 4.98 Å². The van der Waals surface area contributed by atoms with Crippen molar-refractivity contribution in [2.45, 2.75) is 26.3 Å². The summed E-state index contributed by atoms with van der Waals surface area (Å²) in [4.78, 5) is 4.13. The molecule has 0 bridgehead atoms. The lowest BCUT2D eigenvalue weighted by atomic mass is 10.1. The Morgan fingerprint density at radius 2 is 1.95 bits per heavy atom. The maximum absolute atomic E-state index is 6.17. The fraction of sp³-hybridized carbons (Fsp3) is 0.267. The van der Waals surface area contributed by atoms with Crippen LogP contribution in [0.2, 0.25) is 5.02 Å². The van der Waals surface area contributed by atoms with Crippen molar-refractivity contribution in [2.24, 2.45) is 5.73 Å². The van der Waals surface area contributed by atoms with Gasteiger partial charge in [-0.05, 0) is 35.7 Å². The zero-order valence-corrected chi connectivity index (χ0v) is 11.7. The molecular formula is C15H17ClN2O. The van der Waals surface area contributed by atoms with Gasteiger partial charge in [-0.3, -0.25) is 0 Å². The SMILES string of the molecule is CCCc1ccc(Oc2nccc(CN)c2Cl)cc1. The Morgan fingerprint density at radius 3 is 2.58 bits per heavy atom. The van der Waals surface area contributed by atoms with Gasteiger partial charge in [-0.15, -0.1) is 0 Å². The van der Waals surface area contributed by atoms with E-state index >= 15 is 0 Å². The highest BCUT2D eigenvalue weighted by molar-refractivity contribution is 6.32. The zero-order chi connectivity index (χ0) is 13.7. The van der Waals surface area contributed by atoms with E-state index < -0.39 is 0 Å². The van der Waals surface area contributed by atoms with Gasteiger partial charge < -0.3 is 10.5 Å². The van der Waals surface area contributed by atoms with Crippen LogP contribution in [0.4, 0.5) is 0 Å². The van der Waals surface area contributed by atoms with Crippen LogP contribution in [0.5, 0.6) is 11.6 Å². The Hall–Kier alpha value is -1.58. The Kier molecular flexibility index (Phi) is 4.77. The quantitative estimate of drug-likeness (QED) is 0.900. The minimum Gasteiger partial charge on any atom is -0.438 e. The van der Waals surface area contributed by atoms with Crippen molar-refractivity contribution in [3.05, 3.63) is 52.7 Å². The third-order valence-electron chi connectivity index (χ3n) is 2.83. The topological polar surface area (TPSA) is 48.1 Å². The van der Waals surface area contributed by atoms with E-state index in [2.05, 4.69) is 24.0 Å². The normalized spacial score (nSPS) is 10.5. The summed E-state index contributed by atoms with van der Waals surface area (Å²) in [6.07, 6.45) is 3.85. The molecular weight excluding hydrogens is 260 g/mol. The first-order valence-corrected chi connectivity index (χ1v) is 6.72. The number of nitrogens with two attached hydrogens (primary N) is 1. The molecule has 19 heavy (non-hydrogen) atoms. The molecule has 0 saturated carbocycles. The van der Waals surface area contributed by atoms with Crippen LogP contribution in [-0.2, 0) is 13.0 Å². The molecule has 2 N–H and O–H groups in total. The molecule has 0 atom stereocenters. The summed E-state index contributed by atoms with van der Waals surface area (Å²) in [7, 11) is 0. The Bertz CT molecular complexity index is 540. The predicted octanol–water partition coefficient (Wildman–Crippen LogP) is 3.94. The average molecular weight is 277 g/mol. The Labute approximate surface area is 118 Å². The van der Waals surface area contributed by atoms with Crippen LogP contribution in [0, 0.1) is 0 Å². The smallest absolute Gasteiger partial charge is 0.238 e. The summed E-state index contributed by atoms with van der Waals surface area (Å²) in [6.45, 7) is 2.53. The molecule has 3 nitrogen and oxygen atoms in total. The zero-order valence-electron chi connectivity index (χ0n) is 10.9. The van der Waals surface area contributed by atoms with Crippen LogP contribution in [0.15, 0.2) is 36.5 Å². The van der Waals surface area contributed by atoms with Gasteiger partial charge in [0.1, 0.15) is 10.8 Å². The molecule has 0 radical (unpaired) electrons. The summed E-state index contributed by atoms with van der Waals surface area (Å²) in [6, 6.07) is 9.76. The number of hydrogen-bond donors (Lipinski definition) is 1. The Morgan fingerprint density at radius 1 is 1.21 bits per heavy atom. The highest BCUT2D eigenvalue weighted by Gasteiger charge is 2.08. The predicted molar refractivity (Wildman–Crippen MR) is 77.6 cm³/mol. The summed E-state index contributed by atoms with van der Waals surface area (Å²) >= 11 is 6.17. The van der Waals surface area contributed by atoms with E-state index in [0.29, 0.717) is 17.4 Å². The summed E-state index contributed by atoms with van der Waals surface area (Å²) in [5.41, 5.74) is 7.72. The van der Waals surface area contributed by atoms with E-state index in [1.807, 2.05) is 12.1 Å². The summed E-state index contributed by atoms with van der Waals surface area (Å²) in [5, 5.41) is 0.475. The van der Waals surface area contributed by atoms with Gasteiger partial charge in [-0.1, -0.05) is 37.1 Å². The summed E-state index contributed by atoms with van der Waals surface area (Å²) < 4.78 is 5.69. The fourth-order valence-corrected chi connectivity index (χ4v) is 2.04. The minimum absolute atomic E-state index is 0.368. The van der Waals surface area contributed by atoms with E-state index in [-0.39, 0.29) is 0 Å². The molecule has 0 fully saturated rings. The van der Waals surface area contributed by atoms with E-state index in [1.54, 1.807) is 12.3 Å². The molecule has 0 spiro atoms. The molecule has 0 unspecified atom stereocenters. The van der Waals surface area contributed by atoms with Crippen LogP contribution in [0.3, 0.4) is 0 Å². The molecule has 100 valence electrons. The van der Waals surface area contributed by atoms with Crippen LogP contribution in [-0.4, -0.2) is 4.98 Å². The van der Waals surface area contributed by atoms with Crippen molar-refractivity contribution < 1.29 is 4.74 Å². The second-order valence-electron chi connectivity index (χ2n) is 4.29. The molecule has 1 aromatic heterocycles. The molecule has 0 saturated heterocycles. The molecule has 4 heteroatoms. The van der Waals surface area contributed by atoms with Crippen molar-refractivity contribution in [2.75, 3.05) is 0 Å². The number of rotatable bonds is 5.